The molecule has 1 unspecified atom stereocenters. The number of nitrogens with zero attached hydrogens (tertiary/aromatic N) is 2. The fourth-order valence-corrected chi connectivity index (χ4v) is 4.27. The van der Waals surface area contributed by atoms with E-state index in [1.165, 1.54) is 28.7 Å². The number of ether oxygens (including phenoxy) is 1. The van der Waals surface area contributed by atoms with Gasteiger partial charge < -0.3 is 15.0 Å². The second kappa shape index (κ2) is 18.7. The predicted octanol–water partition coefficient (Wildman–Crippen LogP) is 10.3. The number of fused-ring (bicyclic) bond motifs is 1. The van der Waals surface area contributed by atoms with Crippen LogP contribution >= 0.6 is 0 Å². The molecule has 0 amide bonds. The Morgan fingerprint density at radius 1 is 1.02 bits per heavy atom. The number of nitrogens with two attached hydrogens (primary N) is 1. The summed E-state index contributed by atoms with van der Waals surface area (Å²) < 4.78 is 7.73. The molecular formula is C36H53N3O. The lowest BCUT2D eigenvalue weighted by Crippen LogP contribution is -1.98. The smallest absolute Gasteiger partial charge is 0.200 e. The number of benzene rings is 2. The summed E-state index contributed by atoms with van der Waals surface area (Å²) in [5, 5.41) is 0. The van der Waals surface area contributed by atoms with E-state index in [1.807, 2.05) is 25.5 Å². The van der Waals surface area contributed by atoms with Crippen LogP contribution in [0.1, 0.15) is 80.7 Å². The average molecular weight is 544 g/mol. The van der Waals surface area contributed by atoms with Crippen molar-refractivity contribution in [2.45, 2.75) is 81.6 Å². The maximum atomic E-state index is 5.89. The Morgan fingerprint density at radius 2 is 1.68 bits per heavy atom. The highest BCUT2D eigenvalue weighted by Crippen LogP contribution is 2.30. The molecule has 0 radical (unpaired) electrons. The number of hydrogen-bond acceptors (Lipinski definition) is 3. The average Bonchev–Trinajstić information content (AvgIpc) is 3.26. The molecule has 0 aliphatic heterocycles. The molecule has 218 valence electrons. The first-order valence-electron chi connectivity index (χ1n) is 15.0. The summed E-state index contributed by atoms with van der Waals surface area (Å²) >= 11 is 0. The standard InChI is InChI=1S/C19H23N3O.C12H16.C3H8.C2H6/c1-4-10-23-18-9-7-14(11-13(18)5-2)15-6-8-17-16(12-15)21-19(20)22(17)3;1-4-7-10(2)12-9-6-5-8-11(12)3;1-3-2;1-2/h6-9,11-12H,4-5,10H2,1-3H3,(H2,20,21);4-9,11H,1-3H3;3H2,1-2H3;1-2H3/b;7-4-,12-10-;;. The zero-order valence-corrected chi connectivity index (χ0v) is 26.7. The third-order valence-corrected chi connectivity index (χ3v) is 6.30. The Kier molecular flexibility index (Phi) is 16.1. The van der Waals surface area contributed by atoms with Gasteiger partial charge in [0.1, 0.15) is 5.75 Å². The Morgan fingerprint density at radius 3 is 2.27 bits per heavy atom. The lowest BCUT2D eigenvalue weighted by atomic mass is 9.92. The van der Waals surface area contributed by atoms with Crippen LogP contribution in [-0.4, -0.2) is 16.2 Å². The molecule has 2 N–H and O–H groups in total. The summed E-state index contributed by atoms with van der Waals surface area (Å²) in [6.45, 7) is 19.7. The highest BCUT2D eigenvalue weighted by atomic mass is 16.5. The van der Waals surface area contributed by atoms with Crippen LogP contribution < -0.4 is 10.5 Å². The van der Waals surface area contributed by atoms with Gasteiger partial charge in [-0.3, -0.25) is 0 Å². The van der Waals surface area contributed by atoms with Gasteiger partial charge in [-0.25, -0.2) is 4.98 Å². The number of imidazole rings is 1. The van der Waals surface area contributed by atoms with Crippen molar-refractivity contribution in [2.24, 2.45) is 13.0 Å². The number of aromatic nitrogens is 2. The highest BCUT2D eigenvalue weighted by Gasteiger charge is 2.09. The van der Waals surface area contributed by atoms with E-state index in [1.54, 1.807) is 0 Å². The summed E-state index contributed by atoms with van der Waals surface area (Å²) in [6, 6.07) is 12.7. The van der Waals surface area contributed by atoms with Gasteiger partial charge in [-0.05, 0) is 84.7 Å². The van der Waals surface area contributed by atoms with Crippen LogP contribution in [0.25, 0.3) is 22.2 Å². The van der Waals surface area contributed by atoms with Gasteiger partial charge in [-0.2, -0.15) is 0 Å². The number of allylic oxidation sites excluding steroid dienone is 8. The first kappa shape index (κ1) is 34.5. The van der Waals surface area contributed by atoms with Gasteiger partial charge in [0.15, 0.2) is 0 Å². The summed E-state index contributed by atoms with van der Waals surface area (Å²) in [5.74, 6) is 2.09. The van der Waals surface area contributed by atoms with Crippen LogP contribution in [0.2, 0.25) is 0 Å². The van der Waals surface area contributed by atoms with E-state index in [2.05, 4.69) is 126 Å². The molecule has 4 heteroatoms. The molecule has 1 atom stereocenters. The third-order valence-electron chi connectivity index (χ3n) is 6.30. The fraction of sp³-hybridized carbons (Fsp3) is 0.417. The predicted molar refractivity (Wildman–Crippen MR) is 178 cm³/mol. The van der Waals surface area contributed by atoms with Crippen molar-refractivity contribution in [3.63, 3.8) is 0 Å². The van der Waals surface area contributed by atoms with Crippen molar-refractivity contribution < 1.29 is 4.74 Å². The van der Waals surface area contributed by atoms with Gasteiger partial charge in [0, 0.05) is 7.05 Å². The van der Waals surface area contributed by atoms with Gasteiger partial charge in [0.05, 0.1) is 17.6 Å². The maximum absolute atomic E-state index is 5.89. The number of anilines is 1. The molecule has 1 aromatic heterocycles. The summed E-state index contributed by atoms with van der Waals surface area (Å²) in [7, 11) is 1.93. The largest absolute Gasteiger partial charge is 0.493 e. The molecule has 0 spiro atoms. The molecule has 4 nitrogen and oxygen atoms in total. The first-order valence-corrected chi connectivity index (χ1v) is 15.0. The number of hydrogen-bond donors (Lipinski definition) is 1. The van der Waals surface area contributed by atoms with Gasteiger partial charge in [0.2, 0.25) is 5.95 Å². The normalized spacial score (nSPS) is 15.0. The Labute approximate surface area is 244 Å². The number of nitrogen functional groups attached to an aromatic ring is 1. The van der Waals surface area contributed by atoms with E-state index in [0.29, 0.717) is 11.9 Å². The zero-order chi connectivity index (χ0) is 30.1. The minimum Gasteiger partial charge on any atom is -0.493 e. The fourth-order valence-electron chi connectivity index (χ4n) is 4.27. The lowest BCUT2D eigenvalue weighted by molar-refractivity contribution is 0.314. The van der Waals surface area contributed by atoms with Crippen LogP contribution in [-0.2, 0) is 13.5 Å². The molecule has 1 aliphatic carbocycles. The van der Waals surface area contributed by atoms with Gasteiger partial charge in [-0.15, -0.1) is 0 Å². The molecule has 1 aliphatic rings. The maximum Gasteiger partial charge on any atom is 0.200 e. The first-order chi connectivity index (χ1) is 19.3. The van der Waals surface area contributed by atoms with Crippen molar-refractivity contribution in [3.05, 3.63) is 89.6 Å². The summed E-state index contributed by atoms with van der Waals surface area (Å²) in [5.41, 5.74) is 14.2. The van der Waals surface area contributed by atoms with E-state index in [-0.39, 0.29) is 0 Å². The van der Waals surface area contributed by atoms with Crippen LogP contribution in [0, 0.1) is 5.92 Å². The van der Waals surface area contributed by atoms with Crippen molar-refractivity contribution in [3.8, 4) is 16.9 Å². The minimum absolute atomic E-state index is 0.537. The Balaban J connectivity index is 0.000000396. The van der Waals surface area contributed by atoms with Crippen LogP contribution in [0.15, 0.2) is 84.0 Å². The zero-order valence-electron chi connectivity index (χ0n) is 26.7. The van der Waals surface area contributed by atoms with Crippen molar-refractivity contribution in [1.82, 2.24) is 9.55 Å². The van der Waals surface area contributed by atoms with Crippen LogP contribution in [0.4, 0.5) is 5.95 Å². The molecule has 0 saturated carbocycles. The van der Waals surface area contributed by atoms with Gasteiger partial charge in [-0.1, -0.05) is 103 Å². The Hall–Kier alpha value is -3.53. The second-order valence-electron chi connectivity index (χ2n) is 9.64. The van der Waals surface area contributed by atoms with Crippen molar-refractivity contribution in [2.75, 3.05) is 12.3 Å². The monoisotopic (exact) mass is 543 g/mol. The molecule has 2 aromatic carbocycles. The van der Waals surface area contributed by atoms with Crippen LogP contribution in [0.3, 0.4) is 0 Å². The molecule has 1 heterocycles. The molecule has 0 fully saturated rings. The second-order valence-corrected chi connectivity index (χ2v) is 9.64. The summed E-state index contributed by atoms with van der Waals surface area (Å²) in [6.07, 6.45) is 16.1. The van der Waals surface area contributed by atoms with E-state index in [9.17, 15) is 0 Å². The Bertz CT molecular complexity index is 1290. The van der Waals surface area contributed by atoms with Crippen molar-refractivity contribution in [1.29, 1.82) is 0 Å². The third kappa shape index (κ3) is 9.89. The molecule has 0 saturated heterocycles. The van der Waals surface area contributed by atoms with E-state index in [4.69, 9.17) is 10.5 Å². The van der Waals surface area contributed by atoms with Crippen LogP contribution in [0.5, 0.6) is 5.75 Å². The number of aryl methyl sites for hydroxylation is 2. The van der Waals surface area contributed by atoms with Gasteiger partial charge in [0.25, 0.3) is 0 Å². The SMILES string of the molecule is C/C=C\C(C)=C1\C=CC=CC1C.CC.CCC.CCCOc1ccc(-c2ccc3c(c2)nc(N)n3C)cc1CC. The lowest BCUT2D eigenvalue weighted by Gasteiger charge is -2.13. The van der Waals surface area contributed by atoms with E-state index >= 15 is 0 Å². The molecule has 4 rings (SSSR count). The molecule has 0 bridgehead atoms. The highest BCUT2D eigenvalue weighted by molar-refractivity contribution is 5.84. The topological polar surface area (TPSA) is 53.1 Å². The van der Waals surface area contributed by atoms with E-state index < -0.39 is 0 Å². The van der Waals surface area contributed by atoms with E-state index in [0.717, 1.165) is 41.8 Å². The van der Waals surface area contributed by atoms with Crippen molar-refractivity contribution >= 4 is 17.0 Å². The number of rotatable bonds is 6. The molecule has 3 aromatic rings. The molecule has 40 heavy (non-hydrogen) atoms. The van der Waals surface area contributed by atoms with Gasteiger partial charge >= 0.3 is 0 Å². The summed E-state index contributed by atoms with van der Waals surface area (Å²) in [4.78, 5) is 4.42. The molecular weight excluding hydrogens is 490 g/mol. The minimum atomic E-state index is 0.537. The quantitative estimate of drug-likeness (QED) is 0.336.